The lowest BCUT2D eigenvalue weighted by molar-refractivity contribution is 0.459. The van der Waals surface area contributed by atoms with Crippen molar-refractivity contribution in [2.75, 3.05) is 12.3 Å². The van der Waals surface area contributed by atoms with E-state index in [0.717, 1.165) is 17.6 Å². The molecule has 1 atom stereocenters. The Morgan fingerprint density at radius 3 is 2.80 bits per heavy atom. The van der Waals surface area contributed by atoms with E-state index in [9.17, 15) is 8.42 Å². The molecule has 1 aliphatic rings. The summed E-state index contributed by atoms with van der Waals surface area (Å²) in [5.74, 6) is -0.301. The number of fused-ring (bicyclic) bond motifs is 3. The van der Waals surface area contributed by atoms with E-state index in [2.05, 4.69) is 29.4 Å². The second-order valence-corrected chi connectivity index (χ2v) is 7.02. The molecule has 1 aromatic heterocycles. The molecule has 2 aromatic rings. The van der Waals surface area contributed by atoms with Crippen molar-refractivity contribution in [1.29, 1.82) is 0 Å². The third kappa shape index (κ3) is 2.34. The molecule has 0 spiro atoms. The molecule has 2 heterocycles. The number of aryl methyl sites for hydroxylation is 2. The molecule has 5 nitrogen and oxygen atoms in total. The topological polar surface area (TPSA) is 82.2 Å². The Labute approximate surface area is 118 Å². The summed E-state index contributed by atoms with van der Waals surface area (Å²) in [4.78, 5) is 3.33. The second-order valence-electron chi connectivity index (χ2n) is 5.53. The summed E-state index contributed by atoms with van der Waals surface area (Å²) in [5.41, 5.74) is 5.47. The third-order valence-corrected chi connectivity index (χ3v) is 4.62. The lowest BCUT2D eigenvalue weighted by Gasteiger charge is -2.23. The number of nitrogens with one attached hydrogen (secondary N) is 2. The highest BCUT2D eigenvalue weighted by Gasteiger charge is 2.27. The zero-order valence-corrected chi connectivity index (χ0v) is 12.3. The van der Waals surface area contributed by atoms with Gasteiger partial charge in [0.05, 0.1) is 11.8 Å². The van der Waals surface area contributed by atoms with Gasteiger partial charge < -0.3 is 10.3 Å². The van der Waals surface area contributed by atoms with E-state index in [4.69, 9.17) is 4.55 Å². The third-order valence-electron chi connectivity index (χ3n) is 3.87. The Morgan fingerprint density at radius 2 is 2.10 bits per heavy atom. The average molecular weight is 294 g/mol. The number of aromatic nitrogens is 1. The average Bonchev–Trinajstić information content (AvgIpc) is 2.66. The Morgan fingerprint density at radius 1 is 1.35 bits per heavy atom. The van der Waals surface area contributed by atoms with Gasteiger partial charge in [0.25, 0.3) is 10.1 Å². The van der Waals surface area contributed by atoms with E-state index in [1.165, 1.54) is 22.1 Å². The van der Waals surface area contributed by atoms with Crippen molar-refractivity contribution >= 4 is 21.0 Å². The zero-order valence-electron chi connectivity index (χ0n) is 11.5. The quantitative estimate of drug-likeness (QED) is 0.738. The normalized spacial score (nSPS) is 19.2. The van der Waals surface area contributed by atoms with E-state index < -0.39 is 10.1 Å². The molecule has 0 fully saturated rings. The standard InChI is InChI=1S/C14H18N2O3S/c1-8-5-9(2)13-10-3-4-15-12(7-20(17,18)19)14(10)16-11(13)6-8/h5-6,12,15-16H,3-4,7H2,1-2H3,(H,17,18,19). The molecular formula is C14H18N2O3S. The maximum atomic E-state index is 11.1. The van der Waals surface area contributed by atoms with Gasteiger partial charge in [0.1, 0.15) is 0 Å². The number of H-pyrrole nitrogens is 1. The van der Waals surface area contributed by atoms with Gasteiger partial charge in [0.15, 0.2) is 0 Å². The van der Waals surface area contributed by atoms with Gasteiger partial charge in [-0.05, 0) is 49.6 Å². The van der Waals surface area contributed by atoms with Crippen molar-refractivity contribution in [2.24, 2.45) is 0 Å². The highest BCUT2D eigenvalue weighted by molar-refractivity contribution is 7.85. The summed E-state index contributed by atoms with van der Waals surface area (Å²) in [7, 11) is -4.00. The molecule has 0 bridgehead atoms. The molecule has 1 unspecified atom stereocenters. The molecule has 108 valence electrons. The highest BCUT2D eigenvalue weighted by Crippen LogP contribution is 2.33. The molecule has 0 aliphatic carbocycles. The summed E-state index contributed by atoms with van der Waals surface area (Å²) in [6, 6.07) is 3.84. The second kappa shape index (κ2) is 4.58. The van der Waals surface area contributed by atoms with Gasteiger partial charge in [0, 0.05) is 16.6 Å². The van der Waals surface area contributed by atoms with Crippen molar-refractivity contribution in [3.8, 4) is 0 Å². The van der Waals surface area contributed by atoms with Crippen molar-refractivity contribution in [1.82, 2.24) is 10.3 Å². The maximum Gasteiger partial charge on any atom is 0.266 e. The largest absolute Gasteiger partial charge is 0.357 e. The minimum Gasteiger partial charge on any atom is -0.357 e. The van der Waals surface area contributed by atoms with Crippen LogP contribution in [-0.2, 0) is 16.5 Å². The zero-order chi connectivity index (χ0) is 14.5. The van der Waals surface area contributed by atoms with Crippen molar-refractivity contribution < 1.29 is 13.0 Å². The van der Waals surface area contributed by atoms with Gasteiger partial charge in [-0.25, -0.2) is 0 Å². The first-order valence-electron chi connectivity index (χ1n) is 6.65. The van der Waals surface area contributed by atoms with Crippen LogP contribution in [0.25, 0.3) is 10.9 Å². The fourth-order valence-corrected chi connectivity index (χ4v) is 3.91. The van der Waals surface area contributed by atoms with Gasteiger partial charge in [-0.3, -0.25) is 4.55 Å². The Kier molecular flexibility index (Phi) is 3.12. The molecule has 3 N–H and O–H groups in total. The summed E-state index contributed by atoms with van der Waals surface area (Å²) in [6.07, 6.45) is 0.862. The van der Waals surface area contributed by atoms with E-state index in [1.807, 2.05) is 6.92 Å². The molecule has 3 rings (SSSR count). The maximum absolute atomic E-state index is 11.1. The van der Waals surface area contributed by atoms with Crippen molar-refractivity contribution in [2.45, 2.75) is 26.3 Å². The summed E-state index contributed by atoms with van der Waals surface area (Å²) >= 11 is 0. The number of rotatable bonds is 2. The molecule has 0 amide bonds. The van der Waals surface area contributed by atoms with Crippen LogP contribution < -0.4 is 5.32 Å². The van der Waals surface area contributed by atoms with E-state index >= 15 is 0 Å². The summed E-state index contributed by atoms with van der Waals surface area (Å²) in [6.45, 7) is 4.83. The lowest BCUT2D eigenvalue weighted by atomic mass is 9.97. The minimum absolute atomic E-state index is 0.301. The van der Waals surface area contributed by atoms with Gasteiger partial charge in [0.2, 0.25) is 0 Å². The van der Waals surface area contributed by atoms with Crippen LogP contribution >= 0.6 is 0 Å². The van der Waals surface area contributed by atoms with Crippen LogP contribution in [0.15, 0.2) is 12.1 Å². The van der Waals surface area contributed by atoms with Gasteiger partial charge in [-0.15, -0.1) is 0 Å². The number of hydrogen-bond donors (Lipinski definition) is 3. The first-order chi connectivity index (χ1) is 9.35. The molecule has 0 saturated carbocycles. The predicted octanol–water partition coefficient (Wildman–Crippen LogP) is 1.86. The Hall–Kier alpha value is -1.37. The van der Waals surface area contributed by atoms with Gasteiger partial charge >= 0.3 is 0 Å². The smallest absolute Gasteiger partial charge is 0.266 e. The molecular weight excluding hydrogens is 276 g/mol. The monoisotopic (exact) mass is 294 g/mol. The van der Waals surface area contributed by atoms with E-state index in [0.29, 0.717) is 6.54 Å². The lowest BCUT2D eigenvalue weighted by Crippen LogP contribution is -2.34. The van der Waals surface area contributed by atoms with Crippen LogP contribution in [-0.4, -0.2) is 30.3 Å². The molecule has 0 saturated heterocycles. The van der Waals surface area contributed by atoms with Crippen molar-refractivity contribution in [3.63, 3.8) is 0 Å². The first kappa shape index (κ1) is 13.6. The van der Waals surface area contributed by atoms with Crippen LogP contribution in [0.1, 0.15) is 28.4 Å². The fraction of sp³-hybridized carbons (Fsp3) is 0.429. The molecule has 6 heteroatoms. The van der Waals surface area contributed by atoms with Crippen LogP contribution in [0, 0.1) is 13.8 Å². The van der Waals surface area contributed by atoms with Crippen LogP contribution in [0.2, 0.25) is 0 Å². The molecule has 0 radical (unpaired) electrons. The fourth-order valence-electron chi connectivity index (χ4n) is 3.21. The van der Waals surface area contributed by atoms with Crippen molar-refractivity contribution in [3.05, 3.63) is 34.5 Å². The van der Waals surface area contributed by atoms with Crippen LogP contribution in [0.5, 0.6) is 0 Å². The minimum atomic E-state index is -4.00. The summed E-state index contributed by atoms with van der Waals surface area (Å²) < 4.78 is 31.4. The Bertz CT molecular complexity index is 777. The number of hydrogen-bond acceptors (Lipinski definition) is 3. The number of aromatic amines is 1. The molecule has 1 aromatic carbocycles. The van der Waals surface area contributed by atoms with Gasteiger partial charge in [-0.1, -0.05) is 6.07 Å². The predicted molar refractivity (Wildman–Crippen MR) is 78.6 cm³/mol. The highest BCUT2D eigenvalue weighted by atomic mass is 32.2. The van der Waals surface area contributed by atoms with E-state index in [-0.39, 0.29) is 11.8 Å². The van der Waals surface area contributed by atoms with Crippen LogP contribution in [0.4, 0.5) is 0 Å². The Balaban J connectivity index is 2.17. The summed E-state index contributed by atoms with van der Waals surface area (Å²) in [5, 5.41) is 4.34. The van der Waals surface area contributed by atoms with Crippen LogP contribution in [0.3, 0.4) is 0 Å². The molecule has 20 heavy (non-hydrogen) atoms. The van der Waals surface area contributed by atoms with E-state index in [1.54, 1.807) is 0 Å². The number of benzene rings is 1. The first-order valence-corrected chi connectivity index (χ1v) is 8.26. The van der Waals surface area contributed by atoms with Gasteiger partial charge in [-0.2, -0.15) is 8.42 Å². The molecule has 1 aliphatic heterocycles. The SMILES string of the molecule is Cc1cc(C)c2c3c([nH]c2c1)C(CS(=O)(=O)O)NCC3.